The minimum Gasteiger partial charge on any atom is -0.389 e. The van der Waals surface area contributed by atoms with Crippen LogP contribution in [-0.2, 0) is 0 Å². The van der Waals surface area contributed by atoms with E-state index in [1.54, 1.807) is 38.5 Å². The predicted molar refractivity (Wildman–Crippen MR) is 141 cm³/mol. The van der Waals surface area contributed by atoms with Crippen LogP contribution in [-0.4, -0.2) is 48.4 Å². The fourth-order valence-electron chi connectivity index (χ4n) is 3.85. The molecule has 0 radical (unpaired) electrons. The van der Waals surface area contributed by atoms with Gasteiger partial charge in [0, 0.05) is 33.9 Å². The van der Waals surface area contributed by atoms with Gasteiger partial charge in [0.2, 0.25) is 0 Å². The molecule has 192 valence electrons. The van der Waals surface area contributed by atoms with E-state index in [4.69, 9.17) is 0 Å². The molecule has 0 saturated carbocycles. The molecule has 0 aliphatic rings. The number of aliphatic hydroxyl groups excluding tert-OH is 1. The van der Waals surface area contributed by atoms with Gasteiger partial charge in [-0.3, -0.25) is 4.57 Å². The zero-order valence-electron chi connectivity index (χ0n) is 20.8. The Hall–Kier alpha value is -4.05. The summed E-state index contributed by atoms with van der Waals surface area (Å²) in [5.74, 6) is 0. The number of pyridine rings is 1. The average molecular weight is 498 g/mol. The molecular weight excluding hydrogens is 464 g/mol. The fourth-order valence-corrected chi connectivity index (χ4v) is 3.85. The molecule has 1 atom stereocenters. The number of nitrogens with one attached hydrogen (secondary N) is 1. The van der Waals surface area contributed by atoms with Crippen molar-refractivity contribution in [3.05, 3.63) is 83.9 Å². The topological polar surface area (TPSA) is 84.0 Å². The first-order valence-corrected chi connectivity index (χ1v) is 11.4. The van der Waals surface area contributed by atoms with Gasteiger partial charge in [-0.2, -0.15) is 5.10 Å². The van der Waals surface area contributed by atoms with Crippen molar-refractivity contribution in [2.24, 2.45) is 0 Å². The minimum absolute atomic E-state index is 0. The maximum Gasteiger partial charge on any atom is 0.282 e. The van der Waals surface area contributed by atoms with E-state index < -0.39 is 12.5 Å². The zero-order chi connectivity index (χ0) is 26.0. The molecule has 36 heavy (non-hydrogen) atoms. The molecule has 0 bridgehead atoms. The molecule has 4 aromatic rings. The first-order valence-electron chi connectivity index (χ1n) is 11.4. The molecule has 1 unspecified atom stereocenters. The highest BCUT2D eigenvalue weighted by Crippen LogP contribution is 2.29. The molecule has 1 aromatic carbocycles. The van der Waals surface area contributed by atoms with E-state index in [1.165, 1.54) is 10.7 Å². The lowest BCUT2D eigenvalue weighted by atomic mass is 10.1. The van der Waals surface area contributed by atoms with Crippen LogP contribution in [0.1, 0.15) is 46.2 Å². The van der Waals surface area contributed by atoms with Crippen LogP contribution >= 0.6 is 0 Å². The summed E-state index contributed by atoms with van der Waals surface area (Å²) in [5.41, 5.74) is 5.09. The quantitative estimate of drug-likeness (QED) is 0.300. The maximum absolute atomic E-state index is 13.3. The third kappa shape index (κ3) is 5.28. The maximum atomic E-state index is 13.3. The van der Waals surface area contributed by atoms with Gasteiger partial charge < -0.3 is 15.3 Å². The smallest absolute Gasteiger partial charge is 0.282 e. The molecule has 3 heterocycles. The van der Waals surface area contributed by atoms with Crippen molar-refractivity contribution < 1.29 is 16.7 Å². The standard InChI is InChI=1S/C26H29F2N7O.2H2/c1-16(7-6-10-33(4)5)31-19-12-23-26(29-14-19)34(15-30-23)20-8-9-21(18(3)36)24(13-20)35-17(2)11-22(32-35)25(27)28;;/h6-15,18,25,31,36H,1-5H3;2*1H/b10-6-,16-7+;;. The van der Waals surface area contributed by atoms with E-state index >= 15 is 0 Å². The van der Waals surface area contributed by atoms with E-state index in [0.717, 1.165) is 11.4 Å². The highest BCUT2D eigenvalue weighted by atomic mass is 19.3. The SMILES string of the molecule is C/C(=C\C=C/N(C)C)Nc1cnc2c(c1)ncn2-c1ccc(C(C)O)c(-n2nc(C(F)F)cc2C)c1.[HH].[HH]. The Morgan fingerprint density at radius 1 is 1.19 bits per heavy atom. The van der Waals surface area contributed by atoms with Crippen molar-refractivity contribution in [3.63, 3.8) is 0 Å². The highest BCUT2D eigenvalue weighted by molar-refractivity contribution is 5.77. The van der Waals surface area contributed by atoms with Gasteiger partial charge in [-0.1, -0.05) is 6.07 Å². The first-order chi connectivity index (χ1) is 17.1. The second-order valence-electron chi connectivity index (χ2n) is 8.80. The lowest BCUT2D eigenvalue weighted by Gasteiger charge is -2.16. The summed E-state index contributed by atoms with van der Waals surface area (Å²) in [5, 5.41) is 17.7. The number of rotatable bonds is 8. The monoisotopic (exact) mass is 497 g/mol. The molecular formula is C26H33F2N7O. The van der Waals surface area contributed by atoms with Crippen LogP contribution in [0.3, 0.4) is 0 Å². The van der Waals surface area contributed by atoms with Crippen LogP contribution in [0.5, 0.6) is 0 Å². The van der Waals surface area contributed by atoms with Gasteiger partial charge >= 0.3 is 0 Å². The number of aromatic nitrogens is 5. The van der Waals surface area contributed by atoms with E-state index in [2.05, 4.69) is 20.4 Å². The molecule has 0 spiro atoms. The van der Waals surface area contributed by atoms with Gasteiger partial charge in [-0.15, -0.1) is 0 Å². The van der Waals surface area contributed by atoms with Crippen LogP contribution in [0.4, 0.5) is 14.5 Å². The van der Waals surface area contributed by atoms with Crippen LogP contribution in [0.25, 0.3) is 22.5 Å². The normalized spacial score (nSPS) is 13.2. The number of hydrogen-bond acceptors (Lipinski definition) is 6. The first kappa shape index (κ1) is 25.1. The van der Waals surface area contributed by atoms with Crippen molar-refractivity contribution >= 4 is 16.9 Å². The third-order valence-corrected chi connectivity index (χ3v) is 5.56. The Balaban J connectivity index is 0.00000253. The Morgan fingerprint density at radius 2 is 1.97 bits per heavy atom. The largest absolute Gasteiger partial charge is 0.389 e. The second kappa shape index (κ2) is 10.3. The van der Waals surface area contributed by atoms with Crippen LogP contribution in [0.15, 0.2) is 66.9 Å². The number of aryl methyl sites for hydroxylation is 1. The summed E-state index contributed by atoms with van der Waals surface area (Å²) >= 11 is 0. The van der Waals surface area contributed by atoms with Gasteiger partial charge in [0.1, 0.15) is 17.5 Å². The Bertz CT molecular complexity index is 1440. The van der Waals surface area contributed by atoms with Gasteiger partial charge in [-0.05, 0) is 63.4 Å². The fraction of sp³-hybridized carbons (Fsp3) is 0.269. The number of allylic oxidation sites excluding steroid dienone is 3. The average Bonchev–Trinajstić information content (AvgIpc) is 3.41. The van der Waals surface area contributed by atoms with E-state index in [0.29, 0.717) is 33.8 Å². The van der Waals surface area contributed by atoms with Crippen LogP contribution < -0.4 is 5.32 Å². The van der Waals surface area contributed by atoms with E-state index in [-0.39, 0.29) is 8.55 Å². The van der Waals surface area contributed by atoms with Crippen LogP contribution in [0, 0.1) is 6.92 Å². The Morgan fingerprint density at radius 3 is 2.64 bits per heavy atom. The molecule has 0 amide bonds. The summed E-state index contributed by atoms with van der Waals surface area (Å²) in [6, 6.07) is 8.63. The molecule has 0 fully saturated rings. The number of alkyl halides is 2. The van der Waals surface area contributed by atoms with Gasteiger partial charge in [0.25, 0.3) is 6.43 Å². The summed E-state index contributed by atoms with van der Waals surface area (Å²) in [6.45, 7) is 5.29. The van der Waals surface area contributed by atoms with E-state index in [1.807, 2.05) is 61.0 Å². The van der Waals surface area contributed by atoms with Gasteiger partial charge in [0.15, 0.2) is 5.65 Å². The number of nitrogens with zero attached hydrogens (tertiary/aromatic N) is 6. The van der Waals surface area contributed by atoms with Crippen molar-refractivity contribution in [3.8, 4) is 11.4 Å². The van der Waals surface area contributed by atoms with Crippen molar-refractivity contribution in [2.45, 2.75) is 33.3 Å². The van der Waals surface area contributed by atoms with Gasteiger partial charge in [-0.25, -0.2) is 23.4 Å². The van der Waals surface area contributed by atoms with Crippen LogP contribution in [0.2, 0.25) is 0 Å². The second-order valence-corrected chi connectivity index (χ2v) is 8.80. The molecule has 0 aliphatic carbocycles. The Labute approximate surface area is 211 Å². The van der Waals surface area contributed by atoms with E-state index in [9.17, 15) is 13.9 Å². The van der Waals surface area contributed by atoms with Crippen molar-refractivity contribution in [1.29, 1.82) is 0 Å². The molecule has 2 N–H and O–H groups in total. The molecule has 3 aromatic heterocycles. The third-order valence-electron chi connectivity index (χ3n) is 5.56. The number of anilines is 1. The summed E-state index contributed by atoms with van der Waals surface area (Å²) < 4.78 is 29.8. The molecule has 0 saturated heterocycles. The van der Waals surface area contributed by atoms with Crippen molar-refractivity contribution in [2.75, 3.05) is 19.4 Å². The van der Waals surface area contributed by atoms with Gasteiger partial charge in [0.05, 0.1) is 29.4 Å². The lowest BCUT2D eigenvalue weighted by Crippen LogP contribution is -2.08. The predicted octanol–water partition coefficient (Wildman–Crippen LogP) is 5.79. The number of imidazole rings is 1. The number of fused-ring (bicyclic) bond motifs is 1. The molecule has 4 rings (SSSR count). The Kier molecular flexibility index (Phi) is 7.16. The number of benzene rings is 1. The summed E-state index contributed by atoms with van der Waals surface area (Å²) in [4.78, 5) is 11.1. The summed E-state index contributed by atoms with van der Waals surface area (Å²) in [6.07, 6.45) is 5.74. The minimum atomic E-state index is -2.68. The molecule has 10 heteroatoms. The zero-order valence-corrected chi connectivity index (χ0v) is 20.8. The number of hydrogen-bond donors (Lipinski definition) is 2. The van der Waals surface area contributed by atoms with Crippen molar-refractivity contribution in [1.82, 2.24) is 29.2 Å². The summed E-state index contributed by atoms with van der Waals surface area (Å²) in [7, 11) is 3.91. The lowest BCUT2D eigenvalue weighted by molar-refractivity contribution is 0.145. The molecule has 8 nitrogen and oxygen atoms in total. The number of halogens is 2. The number of aliphatic hydroxyl groups is 1. The highest BCUT2D eigenvalue weighted by Gasteiger charge is 2.19. The molecule has 0 aliphatic heterocycles.